The van der Waals surface area contributed by atoms with Crippen LogP contribution in [-0.2, 0) is 47.5 Å². The van der Waals surface area contributed by atoms with Gasteiger partial charge in [0, 0.05) is 25.2 Å². The molecule has 12 N–H and O–H groups in total. The number of rotatable bonds is 14. The van der Waals surface area contributed by atoms with Crippen molar-refractivity contribution in [1.82, 2.24) is 0 Å². The third-order valence-electron chi connectivity index (χ3n) is 20.4. The van der Waals surface area contributed by atoms with E-state index in [0.717, 1.165) is 12.8 Å². The quantitative estimate of drug-likeness (QED) is 0.0972. The Morgan fingerprint density at radius 1 is 0.566 bits per heavy atom. The molecule has 4 saturated heterocycles. The minimum atomic E-state index is -1.88. The van der Waals surface area contributed by atoms with Crippen molar-refractivity contribution >= 4 is 11.6 Å². The Morgan fingerprint density at radius 2 is 1.07 bits per heavy atom. The molecule has 0 radical (unpaired) electrons. The molecule has 8 rings (SSSR count). The van der Waals surface area contributed by atoms with Crippen molar-refractivity contribution in [2.24, 2.45) is 45.3 Å². The van der Waals surface area contributed by atoms with Gasteiger partial charge in [0.25, 0.3) is 0 Å². The van der Waals surface area contributed by atoms with Crippen molar-refractivity contribution < 1.29 is 109 Å². The van der Waals surface area contributed by atoms with E-state index < -0.39 is 175 Å². The summed E-state index contributed by atoms with van der Waals surface area (Å²) in [7, 11) is 0. The zero-order valence-electron chi connectivity index (χ0n) is 46.0. The van der Waals surface area contributed by atoms with Crippen molar-refractivity contribution in [3.63, 3.8) is 0 Å². The molecule has 4 aliphatic heterocycles. The molecular formula is C54H90O22. The van der Waals surface area contributed by atoms with Gasteiger partial charge in [0.1, 0.15) is 90.9 Å². The van der Waals surface area contributed by atoms with Crippen LogP contribution in [0.4, 0.5) is 0 Å². The maximum Gasteiger partial charge on any atom is 0.187 e. The van der Waals surface area contributed by atoms with Crippen LogP contribution in [0.2, 0.25) is 0 Å². The molecule has 8 aliphatic rings. The van der Waals surface area contributed by atoms with E-state index in [0.29, 0.717) is 25.7 Å². The summed E-state index contributed by atoms with van der Waals surface area (Å²) < 4.78 is 49.9. The molecule has 0 aromatic rings. The van der Waals surface area contributed by atoms with E-state index in [1.165, 1.54) is 20.8 Å². The lowest BCUT2D eigenvalue weighted by Crippen LogP contribution is -2.68. The van der Waals surface area contributed by atoms with Crippen LogP contribution < -0.4 is 0 Å². The van der Waals surface area contributed by atoms with Gasteiger partial charge in [-0.05, 0) is 119 Å². The summed E-state index contributed by atoms with van der Waals surface area (Å²) in [6, 6.07) is 0. The second-order valence-corrected chi connectivity index (χ2v) is 26.4. The number of Topliss-reactive ketones (excluding diaryl/α,β-unsaturated/α-hetero) is 2. The zero-order chi connectivity index (χ0) is 56.3. The van der Waals surface area contributed by atoms with Crippen LogP contribution in [0.15, 0.2) is 0 Å². The minimum absolute atomic E-state index is 0.0563. The summed E-state index contributed by atoms with van der Waals surface area (Å²) in [5.74, 6) is -1.24. The fraction of sp³-hybridized carbons (Fsp3) is 0.963. The molecule has 8 fully saturated rings. The van der Waals surface area contributed by atoms with Crippen LogP contribution in [0.3, 0.4) is 0 Å². The van der Waals surface area contributed by atoms with Gasteiger partial charge in [-0.25, -0.2) is 0 Å². The van der Waals surface area contributed by atoms with Crippen LogP contribution in [0.1, 0.15) is 134 Å². The molecule has 0 spiro atoms. The molecule has 438 valence electrons. The summed E-state index contributed by atoms with van der Waals surface area (Å²) >= 11 is 0. The topological polar surface area (TPSA) is 351 Å². The summed E-state index contributed by atoms with van der Waals surface area (Å²) in [4.78, 5) is 28.0. The Hall–Kier alpha value is -1.46. The molecule has 4 saturated carbocycles. The number of aliphatic hydroxyl groups is 12. The Bertz CT molecular complexity index is 2050. The molecule has 4 heterocycles. The highest BCUT2D eigenvalue weighted by molar-refractivity contribution is 5.85. The Kier molecular flexibility index (Phi) is 17.3. The molecule has 0 unspecified atom stereocenters. The number of hydrogen-bond acceptors (Lipinski definition) is 22. The third-order valence-corrected chi connectivity index (χ3v) is 20.4. The highest BCUT2D eigenvalue weighted by Gasteiger charge is 2.72. The standard InChI is InChI=1S/C54H90O22/c1-22-33(57)37(61)40(64)45(70-22)69-21-28-36(60)43(75-46-41(65)38(62)34(58)23(2)71-46)44(76-47-42(66)39(63)35(59)24(3)72-47)48(73-28)74-31-14-15-51(8)29(50(31,6)7)13-17-52(9)30(51)18-27(56)32-26(12-16-53(32,52)10)54(11,68)20-25(55)19-49(4,5)67/h22-24,26,28-48,57-68H,12-21H2,1-11H3/t22-,23-,24-,26-,28+,29-,30+,31-,32-,33-,34-,35-,36-,37+,38+,39+,40+,41+,42+,43-,44+,45+,46-,47-,48-,51-,52+,53+,54-/m0/s1. The van der Waals surface area contributed by atoms with Crippen LogP contribution >= 0.6 is 0 Å². The summed E-state index contributed by atoms with van der Waals surface area (Å²) in [6.07, 6.45) is -28.3. The van der Waals surface area contributed by atoms with Crippen molar-refractivity contribution in [2.45, 2.75) is 274 Å². The van der Waals surface area contributed by atoms with E-state index >= 15 is 0 Å². The van der Waals surface area contributed by atoms with Gasteiger partial charge in [-0.15, -0.1) is 0 Å². The number of carbonyl (C=O) groups is 2. The number of hydrogen-bond donors (Lipinski definition) is 12. The molecular weight excluding hydrogens is 1000 g/mol. The predicted octanol–water partition coefficient (Wildman–Crippen LogP) is -0.538. The lowest BCUT2D eigenvalue weighted by atomic mass is 9.35. The van der Waals surface area contributed by atoms with Crippen LogP contribution in [0, 0.1) is 45.3 Å². The average molecular weight is 1090 g/mol. The summed E-state index contributed by atoms with van der Waals surface area (Å²) in [5.41, 5.74) is -4.64. The minimum Gasteiger partial charge on any atom is -0.390 e. The second-order valence-electron chi connectivity index (χ2n) is 26.4. The second kappa shape index (κ2) is 21.7. The number of carbonyl (C=O) groups excluding carboxylic acids is 2. The van der Waals surface area contributed by atoms with Gasteiger partial charge in [0.15, 0.2) is 25.2 Å². The fourth-order valence-electron chi connectivity index (χ4n) is 15.9. The molecule has 22 nitrogen and oxygen atoms in total. The Labute approximate surface area is 445 Å². The average Bonchev–Trinajstić information content (AvgIpc) is 3.74. The first-order valence-electron chi connectivity index (χ1n) is 27.6. The first-order chi connectivity index (χ1) is 35.1. The SMILES string of the molecule is C[C@@H]1O[C@@H](OC[C@H]2O[C@@H](O[C@H]3CC[C@]4(C)[C@H]5CC(=O)[C@@H]6[C@@H]([C@@](C)(O)CC(=O)CC(C)(C)O)CC[C@@]6(C)[C@]5(C)CC[C@H]4C3(C)C)[C@H](O[C@@H]3O[C@@H](C)[C@H](O)[C@@H](O)[C@H]3O)[C@@H](O[C@@H]3O[C@@H](C)[C@H](O)[C@@H](O)[C@H]3O)[C@H]2O)[C@H](O)[C@H](O)[C@H]1O. The highest BCUT2D eigenvalue weighted by Crippen LogP contribution is 2.75. The molecule has 22 heteroatoms. The van der Waals surface area contributed by atoms with Gasteiger partial charge < -0.3 is 99.2 Å². The normalized spacial score (nSPS) is 52.5. The van der Waals surface area contributed by atoms with E-state index in [1.807, 2.05) is 0 Å². The number of ether oxygens (including phenoxy) is 8. The molecule has 0 bridgehead atoms. The van der Waals surface area contributed by atoms with Crippen molar-refractivity contribution in [3.05, 3.63) is 0 Å². The van der Waals surface area contributed by atoms with Gasteiger partial charge in [0.2, 0.25) is 0 Å². The van der Waals surface area contributed by atoms with Crippen LogP contribution in [0.5, 0.6) is 0 Å². The molecule has 0 amide bonds. The van der Waals surface area contributed by atoms with E-state index in [4.69, 9.17) is 37.9 Å². The van der Waals surface area contributed by atoms with E-state index in [-0.39, 0.29) is 48.1 Å². The van der Waals surface area contributed by atoms with Gasteiger partial charge in [0.05, 0.1) is 42.2 Å². The Balaban J connectivity index is 1.10. The predicted molar refractivity (Wildman–Crippen MR) is 263 cm³/mol. The van der Waals surface area contributed by atoms with E-state index in [1.54, 1.807) is 20.8 Å². The molecule has 0 aromatic carbocycles. The molecule has 29 atom stereocenters. The molecule has 76 heavy (non-hydrogen) atoms. The van der Waals surface area contributed by atoms with Crippen LogP contribution in [-0.4, -0.2) is 220 Å². The van der Waals surface area contributed by atoms with Gasteiger partial charge in [-0.3, -0.25) is 9.59 Å². The van der Waals surface area contributed by atoms with Gasteiger partial charge in [-0.1, -0.05) is 34.6 Å². The van der Waals surface area contributed by atoms with Crippen molar-refractivity contribution in [3.8, 4) is 0 Å². The molecule has 4 aliphatic carbocycles. The fourth-order valence-corrected chi connectivity index (χ4v) is 15.9. The first kappa shape index (κ1) is 60.6. The zero-order valence-corrected chi connectivity index (χ0v) is 46.0. The highest BCUT2D eigenvalue weighted by atomic mass is 16.8. The monoisotopic (exact) mass is 1090 g/mol. The number of aliphatic hydroxyl groups excluding tert-OH is 10. The van der Waals surface area contributed by atoms with Crippen molar-refractivity contribution in [2.75, 3.05) is 6.61 Å². The maximum absolute atomic E-state index is 14.9. The number of ketones is 2. The van der Waals surface area contributed by atoms with Crippen LogP contribution in [0.25, 0.3) is 0 Å². The van der Waals surface area contributed by atoms with E-state index in [9.17, 15) is 70.9 Å². The van der Waals surface area contributed by atoms with Gasteiger partial charge in [-0.2, -0.15) is 0 Å². The maximum atomic E-state index is 14.9. The first-order valence-corrected chi connectivity index (χ1v) is 27.6. The smallest absolute Gasteiger partial charge is 0.187 e. The Morgan fingerprint density at radius 3 is 1.61 bits per heavy atom. The number of fused-ring (bicyclic) bond motifs is 5. The molecule has 0 aromatic heterocycles. The van der Waals surface area contributed by atoms with Crippen molar-refractivity contribution in [1.29, 1.82) is 0 Å². The summed E-state index contributed by atoms with van der Waals surface area (Å²) in [5, 5.41) is 132. The lowest BCUT2D eigenvalue weighted by Gasteiger charge is -2.69. The van der Waals surface area contributed by atoms with Gasteiger partial charge >= 0.3 is 0 Å². The summed E-state index contributed by atoms with van der Waals surface area (Å²) in [6.45, 7) is 19.5. The largest absolute Gasteiger partial charge is 0.390 e. The third kappa shape index (κ3) is 10.7. The lowest BCUT2D eigenvalue weighted by molar-refractivity contribution is -0.400. The van der Waals surface area contributed by atoms with E-state index in [2.05, 4.69) is 34.6 Å².